The number of carboxylic acids is 1. The highest BCUT2D eigenvalue weighted by atomic mass is 16.4. The molecule has 1 atom stereocenters. The van der Waals surface area contributed by atoms with Gasteiger partial charge in [0.2, 0.25) is 5.91 Å². The van der Waals surface area contributed by atoms with Crippen molar-refractivity contribution in [1.29, 1.82) is 0 Å². The monoisotopic (exact) mass is 304 g/mol. The zero-order valence-corrected chi connectivity index (χ0v) is 13.3. The van der Waals surface area contributed by atoms with E-state index in [0.717, 1.165) is 38.0 Å². The molecule has 5 nitrogen and oxygen atoms in total. The molecule has 1 aromatic carbocycles. The molecule has 1 unspecified atom stereocenters. The zero-order valence-electron chi connectivity index (χ0n) is 13.3. The number of carboxylic acid groups (broad SMARTS) is 1. The highest BCUT2D eigenvalue weighted by Crippen LogP contribution is 2.22. The van der Waals surface area contributed by atoms with Crippen molar-refractivity contribution in [2.24, 2.45) is 0 Å². The van der Waals surface area contributed by atoms with Crippen LogP contribution in [0, 0.1) is 0 Å². The fourth-order valence-electron chi connectivity index (χ4n) is 3.03. The minimum absolute atomic E-state index is 0.0425. The van der Waals surface area contributed by atoms with Crippen LogP contribution >= 0.6 is 0 Å². The van der Waals surface area contributed by atoms with Crippen molar-refractivity contribution in [3.05, 3.63) is 35.4 Å². The molecule has 0 radical (unpaired) electrons. The van der Waals surface area contributed by atoms with Gasteiger partial charge in [0, 0.05) is 19.6 Å². The van der Waals surface area contributed by atoms with E-state index in [9.17, 15) is 9.59 Å². The number of hydrogen-bond donors (Lipinski definition) is 1. The second-order valence-electron chi connectivity index (χ2n) is 5.64. The largest absolute Gasteiger partial charge is 0.478 e. The Labute approximate surface area is 131 Å². The van der Waals surface area contributed by atoms with Crippen LogP contribution in [0.4, 0.5) is 0 Å². The average molecular weight is 304 g/mol. The molecule has 1 fully saturated rings. The Morgan fingerprint density at radius 3 is 2.41 bits per heavy atom. The van der Waals surface area contributed by atoms with Crippen molar-refractivity contribution in [3.8, 4) is 0 Å². The third kappa shape index (κ3) is 3.65. The first-order valence-electron chi connectivity index (χ1n) is 7.91. The molecule has 1 heterocycles. The molecule has 1 aliphatic heterocycles. The van der Waals surface area contributed by atoms with Gasteiger partial charge in [-0.15, -0.1) is 0 Å². The summed E-state index contributed by atoms with van der Waals surface area (Å²) >= 11 is 0. The maximum absolute atomic E-state index is 12.6. The smallest absolute Gasteiger partial charge is 0.335 e. The third-order valence-electron chi connectivity index (χ3n) is 4.31. The van der Waals surface area contributed by atoms with Gasteiger partial charge in [-0.05, 0) is 50.9 Å². The van der Waals surface area contributed by atoms with Crippen LogP contribution < -0.4 is 0 Å². The number of likely N-dealkylation sites (N-methyl/N-ethyl adjacent to an activating group) is 1. The minimum atomic E-state index is -0.915. The van der Waals surface area contributed by atoms with Crippen LogP contribution in [0.2, 0.25) is 0 Å². The normalized spacial score (nSPS) is 18.4. The van der Waals surface area contributed by atoms with Gasteiger partial charge in [0.15, 0.2) is 0 Å². The van der Waals surface area contributed by atoms with E-state index >= 15 is 0 Å². The Hall–Kier alpha value is -1.88. The topological polar surface area (TPSA) is 60.9 Å². The zero-order chi connectivity index (χ0) is 16.1. The second-order valence-corrected chi connectivity index (χ2v) is 5.64. The van der Waals surface area contributed by atoms with E-state index in [2.05, 4.69) is 4.90 Å². The van der Waals surface area contributed by atoms with Gasteiger partial charge >= 0.3 is 5.97 Å². The predicted octanol–water partition coefficient (Wildman–Crippen LogP) is 2.22. The highest BCUT2D eigenvalue weighted by Gasteiger charge is 2.32. The first-order valence-corrected chi connectivity index (χ1v) is 7.91. The van der Waals surface area contributed by atoms with Crippen molar-refractivity contribution >= 4 is 11.9 Å². The Morgan fingerprint density at radius 2 is 1.86 bits per heavy atom. The quantitative estimate of drug-likeness (QED) is 0.875. The number of nitrogens with zero attached hydrogens (tertiary/aromatic N) is 2. The lowest BCUT2D eigenvalue weighted by Gasteiger charge is -2.29. The molecular formula is C17H24N2O3. The number of hydrogen-bond acceptors (Lipinski definition) is 3. The Kier molecular flexibility index (Phi) is 5.55. The van der Waals surface area contributed by atoms with Crippen molar-refractivity contribution in [2.45, 2.75) is 39.3 Å². The summed E-state index contributed by atoms with van der Waals surface area (Å²) < 4.78 is 0. The lowest BCUT2D eigenvalue weighted by Crippen LogP contribution is -2.45. The van der Waals surface area contributed by atoms with Gasteiger partial charge in [-0.1, -0.05) is 12.1 Å². The molecule has 1 N–H and O–H groups in total. The minimum Gasteiger partial charge on any atom is -0.478 e. The number of amides is 1. The maximum atomic E-state index is 12.6. The van der Waals surface area contributed by atoms with E-state index in [4.69, 9.17) is 5.11 Å². The van der Waals surface area contributed by atoms with Gasteiger partial charge in [-0.3, -0.25) is 9.69 Å². The van der Waals surface area contributed by atoms with Gasteiger partial charge in [-0.2, -0.15) is 0 Å². The Bertz CT molecular complexity index is 523. The number of benzene rings is 1. The molecule has 1 aromatic rings. The van der Waals surface area contributed by atoms with Crippen LogP contribution in [-0.2, 0) is 11.3 Å². The molecule has 0 bridgehead atoms. The summed E-state index contributed by atoms with van der Waals surface area (Å²) in [4.78, 5) is 27.5. The van der Waals surface area contributed by atoms with Crippen molar-refractivity contribution < 1.29 is 14.7 Å². The fourth-order valence-corrected chi connectivity index (χ4v) is 3.03. The van der Waals surface area contributed by atoms with Gasteiger partial charge < -0.3 is 10.0 Å². The van der Waals surface area contributed by atoms with E-state index in [0.29, 0.717) is 12.1 Å². The maximum Gasteiger partial charge on any atom is 0.335 e. The van der Waals surface area contributed by atoms with E-state index in [1.54, 1.807) is 12.1 Å². The van der Waals surface area contributed by atoms with Crippen LogP contribution in [0.15, 0.2) is 24.3 Å². The summed E-state index contributed by atoms with van der Waals surface area (Å²) in [6.07, 6.45) is 1.94. The van der Waals surface area contributed by atoms with Crippen LogP contribution in [0.5, 0.6) is 0 Å². The molecule has 120 valence electrons. The Balaban J connectivity index is 2.04. The summed E-state index contributed by atoms with van der Waals surface area (Å²) in [5, 5.41) is 8.93. The molecule has 0 aliphatic carbocycles. The number of carbonyl (C=O) groups is 2. The van der Waals surface area contributed by atoms with E-state index in [-0.39, 0.29) is 11.9 Å². The lowest BCUT2D eigenvalue weighted by atomic mass is 10.1. The van der Waals surface area contributed by atoms with E-state index in [1.807, 2.05) is 30.9 Å². The predicted molar refractivity (Wildman–Crippen MR) is 84.8 cm³/mol. The SMILES string of the molecule is CCN(CC)C(=O)C1CCCN1Cc1ccc(C(=O)O)cc1. The second kappa shape index (κ2) is 7.40. The third-order valence-corrected chi connectivity index (χ3v) is 4.31. The molecule has 0 spiro atoms. The number of rotatable bonds is 6. The summed E-state index contributed by atoms with van der Waals surface area (Å²) in [7, 11) is 0. The molecular weight excluding hydrogens is 280 g/mol. The molecule has 2 rings (SSSR count). The van der Waals surface area contributed by atoms with Gasteiger partial charge in [0.05, 0.1) is 11.6 Å². The standard InChI is InChI=1S/C17H24N2O3/c1-3-18(4-2)16(20)15-6-5-11-19(15)12-13-7-9-14(10-8-13)17(21)22/h7-10,15H,3-6,11-12H2,1-2H3,(H,21,22). The van der Waals surface area contributed by atoms with Crippen LogP contribution in [0.3, 0.4) is 0 Å². The van der Waals surface area contributed by atoms with Crippen molar-refractivity contribution in [2.75, 3.05) is 19.6 Å². The summed E-state index contributed by atoms with van der Waals surface area (Å²) in [5.41, 5.74) is 1.34. The first-order chi connectivity index (χ1) is 10.6. The summed E-state index contributed by atoms with van der Waals surface area (Å²) in [5.74, 6) is -0.702. The number of carbonyl (C=O) groups excluding carboxylic acids is 1. The molecule has 22 heavy (non-hydrogen) atoms. The highest BCUT2D eigenvalue weighted by molar-refractivity contribution is 5.87. The lowest BCUT2D eigenvalue weighted by molar-refractivity contribution is -0.135. The van der Waals surface area contributed by atoms with Crippen molar-refractivity contribution in [1.82, 2.24) is 9.80 Å². The summed E-state index contributed by atoms with van der Waals surface area (Å²) in [6.45, 7) is 7.10. The van der Waals surface area contributed by atoms with E-state index < -0.39 is 5.97 Å². The van der Waals surface area contributed by atoms with Gasteiger partial charge in [0.1, 0.15) is 0 Å². The molecule has 1 amide bonds. The van der Waals surface area contributed by atoms with E-state index in [1.165, 1.54) is 0 Å². The average Bonchev–Trinajstić information content (AvgIpc) is 2.97. The Morgan fingerprint density at radius 1 is 1.23 bits per heavy atom. The molecule has 0 aromatic heterocycles. The van der Waals surface area contributed by atoms with Crippen LogP contribution in [0.25, 0.3) is 0 Å². The van der Waals surface area contributed by atoms with Crippen LogP contribution in [-0.4, -0.2) is 52.5 Å². The van der Waals surface area contributed by atoms with Gasteiger partial charge in [-0.25, -0.2) is 4.79 Å². The molecule has 5 heteroatoms. The first kappa shape index (κ1) is 16.5. The summed E-state index contributed by atoms with van der Waals surface area (Å²) in [6, 6.07) is 6.87. The molecule has 0 saturated carbocycles. The number of likely N-dealkylation sites (tertiary alicyclic amines) is 1. The fraction of sp³-hybridized carbons (Fsp3) is 0.529. The van der Waals surface area contributed by atoms with Crippen molar-refractivity contribution in [3.63, 3.8) is 0 Å². The molecule has 1 saturated heterocycles. The molecule has 1 aliphatic rings. The van der Waals surface area contributed by atoms with Crippen LogP contribution in [0.1, 0.15) is 42.6 Å². The van der Waals surface area contributed by atoms with Gasteiger partial charge in [0.25, 0.3) is 0 Å². The number of aromatic carboxylic acids is 1.